The van der Waals surface area contributed by atoms with Gasteiger partial charge in [-0.3, -0.25) is 4.99 Å². The second kappa shape index (κ2) is 7.35. The van der Waals surface area contributed by atoms with Gasteiger partial charge in [0, 0.05) is 15.2 Å². The number of hydrogen-bond donors (Lipinski definition) is 1. The zero-order valence-electron chi connectivity index (χ0n) is 11.7. The SMILES string of the molecule is COc1ccc(N=Cc2c(O)c(OC)cc(Br)c2Br)cc1Cl. The number of nitrogens with zero attached hydrogens (tertiary/aromatic N) is 1. The minimum absolute atomic E-state index is 0.000864. The summed E-state index contributed by atoms with van der Waals surface area (Å²) in [5.41, 5.74) is 1.13. The van der Waals surface area contributed by atoms with E-state index in [1.54, 1.807) is 31.4 Å². The van der Waals surface area contributed by atoms with Gasteiger partial charge in [0.2, 0.25) is 0 Å². The Morgan fingerprint density at radius 3 is 2.41 bits per heavy atom. The third-order valence-corrected chi connectivity index (χ3v) is 5.20. The lowest BCUT2D eigenvalue weighted by molar-refractivity contribution is 0.372. The van der Waals surface area contributed by atoms with Gasteiger partial charge in [0.05, 0.1) is 30.5 Å². The van der Waals surface area contributed by atoms with Gasteiger partial charge in [-0.15, -0.1) is 0 Å². The number of phenolic OH excluding ortho intramolecular Hbond substituents is 1. The molecule has 0 fully saturated rings. The summed E-state index contributed by atoms with van der Waals surface area (Å²) in [5, 5.41) is 10.7. The monoisotopic (exact) mass is 447 g/mol. The van der Waals surface area contributed by atoms with Gasteiger partial charge in [-0.25, -0.2) is 0 Å². The first-order valence-electron chi connectivity index (χ1n) is 6.10. The first-order chi connectivity index (χ1) is 10.5. The van der Waals surface area contributed by atoms with Crippen LogP contribution in [0.5, 0.6) is 17.2 Å². The van der Waals surface area contributed by atoms with E-state index in [9.17, 15) is 5.11 Å². The summed E-state index contributed by atoms with van der Waals surface area (Å²) in [5.74, 6) is 0.930. The van der Waals surface area contributed by atoms with E-state index in [4.69, 9.17) is 21.1 Å². The topological polar surface area (TPSA) is 51.0 Å². The van der Waals surface area contributed by atoms with Crippen LogP contribution in [0.3, 0.4) is 0 Å². The lowest BCUT2D eigenvalue weighted by Crippen LogP contribution is -1.92. The molecule has 0 bridgehead atoms. The summed E-state index contributed by atoms with van der Waals surface area (Å²) in [6.45, 7) is 0. The number of benzene rings is 2. The van der Waals surface area contributed by atoms with Crippen molar-refractivity contribution >= 4 is 55.4 Å². The molecule has 7 heteroatoms. The molecule has 0 radical (unpaired) electrons. The highest BCUT2D eigenvalue weighted by Gasteiger charge is 2.14. The number of methoxy groups -OCH3 is 2. The maximum atomic E-state index is 10.2. The van der Waals surface area contributed by atoms with E-state index in [2.05, 4.69) is 36.9 Å². The third-order valence-electron chi connectivity index (χ3n) is 2.89. The summed E-state index contributed by atoms with van der Waals surface area (Å²) in [7, 11) is 3.03. The van der Waals surface area contributed by atoms with Gasteiger partial charge in [0.25, 0.3) is 0 Å². The summed E-state index contributed by atoms with van der Waals surface area (Å²) in [6, 6.07) is 6.84. The predicted molar refractivity (Wildman–Crippen MR) is 95.3 cm³/mol. The van der Waals surface area contributed by atoms with Gasteiger partial charge >= 0.3 is 0 Å². The molecule has 0 saturated carbocycles. The van der Waals surface area contributed by atoms with E-state index in [0.29, 0.717) is 32.2 Å². The van der Waals surface area contributed by atoms with Gasteiger partial charge in [-0.1, -0.05) is 11.6 Å². The molecule has 2 rings (SSSR count). The van der Waals surface area contributed by atoms with Crippen LogP contribution in [0.1, 0.15) is 5.56 Å². The molecule has 0 amide bonds. The number of halogens is 3. The van der Waals surface area contributed by atoms with Crippen LogP contribution in [0.15, 0.2) is 38.2 Å². The highest BCUT2D eigenvalue weighted by atomic mass is 79.9. The van der Waals surface area contributed by atoms with E-state index < -0.39 is 0 Å². The zero-order valence-corrected chi connectivity index (χ0v) is 15.7. The van der Waals surface area contributed by atoms with Crippen molar-refractivity contribution in [1.29, 1.82) is 0 Å². The van der Waals surface area contributed by atoms with E-state index in [0.717, 1.165) is 4.47 Å². The van der Waals surface area contributed by atoms with Crippen molar-refractivity contribution in [3.8, 4) is 17.2 Å². The molecule has 0 saturated heterocycles. The Morgan fingerprint density at radius 2 is 1.82 bits per heavy atom. The molecular weight excluding hydrogens is 437 g/mol. The van der Waals surface area contributed by atoms with Crippen molar-refractivity contribution in [3.05, 3.63) is 43.8 Å². The van der Waals surface area contributed by atoms with Crippen LogP contribution in [-0.2, 0) is 0 Å². The van der Waals surface area contributed by atoms with Crippen LogP contribution in [0, 0.1) is 0 Å². The molecule has 0 aliphatic heterocycles. The number of hydrogen-bond acceptors (Lipinski definition) is 4. The van der Waals surface area contributed by atoms with Crippen molar-refractivity contribution < 1.29 is 14.6 Å². The van der Waals surface area contributed by atoms with Crippen LogP contribution in [-0.4, -0.2) is 25.5 Å². The van der Waals surface area contributed by atoms with Gasteiger partial charge in [0.1, 0.15) is 5.75 Å². The van der Waals surface area contributed by atoms with E-state index >= 15 is 0 Å². The van der Waals surface area contributed by atoms with E-state index in [1.807, 2.05) is 0 Å². The molecular formula is C15H12Br2ClNO3. The normalized spacial score (nSPS) is 11.0. The average molecular weight is 450 g/mol. The fraction of sp³-hybridized carbons (Fsp3) is 0.133. The molecule has 22 heavy (non-hydrogen) atoms. The van der Waals surface area contributed by atoms with E-state index in [1.165, 1.54) is 13.3 Å². The highest BCUT2D eigenvalue weighted by Crippen LogP contribution is 2.39. The number of aromatic hydroxyl groups is 1. The number of aliphatic imine (C=N–C) groups is 1. The number of phenols is 1. The molecule has 0 unspecified atom stereocenters. The molecule has 0 atom stereocenters. The first-order valence-corrected chi connectivity index (χ1v) is 8.07. The number of ether oxygens (including phenoxy) is 2. The zero-order chi connectivity index (χ0) is 16.3. The van der Waals surface area contributed by atoms with Crippen molar-refractivity contribution in [3.63, 3.8) is 0 Å². The molecule has 0 aliphatic carbocycles. The van der Waals surface area contributed by atoms with Crippen LogP contribution >= 0.6 is 43.5 Å². The lowest BCUT2D eigenvalue weighted by atomic mass is 10.2. The average Bonchev–Trinajstić information content (AvgIpc) is 2.51. The smallest absolute Gasteiger partial charge is 0.167 e. The fourth-order valence-corrected chi connectivity index (χ4v) is 2.84. The van der Waals surface area contributed by atoms with Crippen LogP contribution in [0.25, 0.3) is 0 Å². The van der Waals surface area contributed by atoms with Crippen molar-refractivity contribution in [2.75, 3.05) is 14.2 Å². The fourth-order valence-electron chi connectivity index (χ4n) is 1.76. The van der Waals surface area contributed by atoms with Crippen molar-refractivity contribution in [1.82, 2.24) is 0 Å². The Balaban J connectivity index is 2.42. The molecule has 0 heterocycles. The Kier molecular flexibility index (Phi) is 5.72. The lowest BCUT2D eigenvalue weighted by Gasteiger charge is -2.09. The molecule has 1 N–H and O–H groups in total. The molecule has 4 nitrogen and oxygen atoms in total. The minimum atomic E-state index is 0.000864. The highest BCUT2D eigenvalue weighted by molar-refractivity contribution is 9.13. The Morgan fingerprint density at radius 1 is 1.14 bits per heavy atom. The molecule has 0 aliphatic rings. The molecule has 0 aromatic heterocycles. The first kappa shape index (κ1) is 17.1. The van der Waals surface area contributed by atoms with Gasteiger partial charge < -0.3 is 14.6 Å². The van der Waals surface area contributed by atoms with E-state index in [-0.39, 0.29) is 5.75 Å². The van der Waals surface area contributed by atoms with Crippen LogP contribution in [0.2, 0.25) is 5.02 Å². The molecule has 2 aromatic rings. The third kappa shape index (κ3) is 3.56. The Bertz CT molecular complexity index is 735. The van der Waals surface area contributed by atoms with Crippen molar-refractivity contribution in [2.45, 2.75) is 0 Å². The van der Waals surface area contributed by atoms with Crippen LogP contribution in [0.4, 0.5) is 5.69 Å². The largest absolute Gasteiger partial charge is 0.504 e. The predicted octanol–water partition coefficient (Wildman–Crippen LogP) is 5.34. The summed E-state index contributed by atoms with van der Waals surface area (Å²) in [4.78, 5) is 4.32. The maximum Gasteiger partial charge on any atom is 0.167 e. The molecule has 0 spiro atoms. The summed E-state index contributed by atoms with van der Waals surface area (Å²) >= 11 is 12.9. The summed E-state index contributed by atoms with van der Waals surface area (Å²) in [6.07, 6.45) is 1.53. The van der Waals surface area contributed by atoms with Gasteiger partial charge in [-0.2, -0.15) is 0 Å². The second-order valence-corrected chi connectivity index (χ2v) is 6.27. The van der Waals surface area contributed by atoms with Crippen molar-refractivity contribution in [2.24, 2.45) is 4.99 Å². The van der Waals surface area contributed by atoms with Gasteiger partial charge in [-0.05, 0) is 56.1 Å². The molecule has 2 aromatic carbocycles. The number of rotatable bonds is 4. The second-order valence-electron chi connectivity index (χ2n) is 4.21. The Labute approximate surface area is 150 Å². The minimum Gasteiger partial charge on any atom is -0.504 e. The quantitative estimate of drug-likeness (QED) is 0.641. The maximum absolute atomic E-state index is 10.2. The summed E-state index contributed by atoms with van der Waals surface area (Å²) < 4.78 is 11.6. The van der Waals surface area contributed by atoms with Gasteiger partial charge in [0.15, 0.2) is 11.5 Å². The standard InChI is InChI=1S/C15H12Br2ClNO3/c1-21-12-4-3-8(5-11(12)18)19-7-9-14(17)10(16)6-13(22-2)15(9)20/h3-7,20H,1-2H3. The molecule has 116 valence electrons. The Hall–Kier alpha value is -1.24. The van der Waals surface area contributed by atoms with Crippen LogP contribution < -0.4 is 9.47 Å².